The molecule has 2 aliphatic heterocycles. The molecule has 0 spiro atoms. The largest absolute Gasteiger partial charge is 0.488 e. The molecular weight excluding hydrogens is 372 g/mol. The lowest BCUT2D eigenvalue weighted by molar-refractivity contribution is 0.0682. The lowest BCUT2D eigenvalue weighted by Gasteiger charge is -2.32. The Kier molecular flexibility index (Phi) is 4.22. The van der Waals surface area contributed by atoms with Gasteiger partial charge in [-0.15, -0.1) is 0 Å². The number of anilines is 2. The van der Waals surface area contributed by atoms with Gasteiger partial charge in [-0.3, -0.25) is 9.20 Å². The molecule has 0 aliphatic carbocycles. The Morgan fingerprint density at radius 3 is 3.07 bits per heavy atom. The van der Waals surface area contributed by atoms with Gasteiger partial charge in [0, 0.05) is 37.2 Å². The fraction of sp³-hybridized carbons (Fsp3) is 0.400. The summed E-state index contributed by atoms with van der Waals surface area (Å²) in [7, 11) is 0. The van der Waals surface area contributed by atoms with Crippen molar-refractivity contribution in [3.8, 4) is 5.75 Å². The van der Waals surface area contributed by atoms with Gasteiger partial charge in [-0.1, -0.05) is 6.92 Å². The molecule has 9 nitrogen and oxygen atoms in total. The highest BCUT2D eigenvalue weighted by atomic mass is 16.5. The first-order chi connectivity index (χ1) is 14.1. The Morgan fingerprint density at radius 1 is 1.31 bits per heavy atom. The standard InChI is InChI=1S/C20H22N6O3/c1-13-3-2-5-24(12-13)19(27)14-9-16-18(21-11-14)25(7-8-29-16)15-4-6-26-17(10-15)22-23-20(26)28/h4,6,9-11,13H,2-3,5,7-8,12H2,1H3,(H,23,28)/t13-/m0/s1. The van der Waals surface area contributed by atoms with Crippen molar-refractivity contribution in [1.29, 1.82) is 0 Å². The van der Waals surface area contributed by atoms with Crippen LogP contribution in [-0.4, -0.2) is 56.6 Å². The second-order valence-electron chi connectivity index (χ2n) is 7.69. The topological polar surface area (TPSA) is 95.8 Å². The Labute approximate surface area is 166 Å². The zero-order valence-electron chi connectivity index (χ0n) is 16.2. The number of aromatic nitrogens is 4. The van der Waals surface area contributed by atoms with Crippen LogP contribution >= 0.6 is 0 Å². The number of nitrogens with zero attached hydrogens (tertiary/aromatic N) is 5. The number of H-pyrrole nitrogens is 1. The van der Waals surface area contributed by atoms with Crippen molar-refractivity contribution in [2.75, 3.05) is 31.1 Å². The molecule has 150 valence electrons. The SMILES string of the molecule is C[C@H]1CCCN(C(=O)c2cnc3c(c2)OCCN3c2ccn3c(=O)[nH]nc3c2)C1. The predicted molar refractivity (Wildman–Crippen MR) is 107 cm³/mol. The summed E-state index contributed by atoms with van der Waals surface area (Å²) in [6, 6.07) is 5.45. The molecule has 0 radical (unpaired) electrons. The lowest BCUT2D eigenvalue weighted by atomic mass is 10.00. The van der Waals surface area contributed by atoms with Crippen LogP contribution in [0.4, 0.5) is 11.5 Å². The third-order valence-electron chi connectivity index (χ3n) is 5.57. The van der Waals surface area contributed by atoms with Crippen LogP contribution in [-0.2, 0) is 0 Å². The molecular formula is C20H22N6O3. The number of likely N-dealkylation sites (tertiary alicyclic amines) is 1. The van der Waals surface area contributed by atoms with Gasteiger partial charge in [0.15, 0.2) is 17.2 Å². The summed E-state index contributed by atoms with van der Waals surface area (Å²) in [6.07, 6.45) is 5.51. The molecule has 3 aromatic rings. The van der Waals surface area contributed by atoms with E-state index in [1.165, 1.54) is 4.40 Å². The second-order valence-corrected chi connectivity index (χ2v) is 7.69. The van der Waals surface area contributed by atoms with Gasteiger partial charge in [-0.05, 0) is 30.9 Å². The third kappa shape index (κ3) is 3.12. The van der Waals surface area contributed by atoms with E-state index in [1.54, 1.807) is 18.5 Å². The average molecular weight is 394 g/mol. The summed E-state index contributed by atoms with van der Waals surface area (Å²) in [5, 5.41) is 6.46. The zero-order chi connectivity index (χ0) is 20.0. The molecule has 29 heavy (non-hydrogen) atoms. The van der Waals surface area contributed by atoms with Crippen LogP contribution in [0.5, 0.6) is 5.75 Å². The molecule has 1 amide bonds. The van der Waals surface area contributed by atoms with E-state index in [0.29, 0.717) is 41.8 Å². The molecule has 9 heteroatoms. The fourth-order valence-electron chi connectivity index (χ4n) is 4.09. The van der Waals surface area contributed by atoms with E-state index < -0.39 is 0 Å². The maximum atomic E-state index is 12.9. The van der Waals surface area contributed by atoms with E-state index in [9.17, 15) is 9.59 Å². The predicted octanol–water partition coefficient (Wildman–Crippen LogP) is 1.82. The Morgan fingerprint density at radius 2 is 2.21 bits per heavy atom. The Hall–Kier alpha value is -3.36. The number of fused-ring (bicyclic) bond motifs is 2. The first kappa shape index (κ1) is 17.7. The summed E-state index contributed by atoms with van der Waals surface area (Å²) < 4.78 is 7.26. The van der Waals surface area contributed by atoms with Crippen LogP contribution < -0.4 is 15.3 Å². The minimum Gasteiger partial charge on any atom is -0.488 e. The van der Waals surface area contributed by atoms with Gasteiger partial charge in [-0.25, -0.2) is 14.9 Å². The number of ether oxygens (including phenoxy) is 1. The summed E-state index contributed by atoms with van der Waals surface area (Å²) in [5.74, 6) is 1.77. The lowest BCUT2D eigenvalue weighted by Crippen LogP contribution is -2.39. The zero-order valence-corrected chi connectivity index (χ0v) is 16.2. The monoisotopic (exact) mass is 394 g/mol. The van der Waals surface area contributed by atoms with Gasteiger partial charge in [0.05, 0.1) is 12.1 Å². The molecule has 0 aromatic carbocycles. The van der Waals surface area contributed by atoms with Crippen molar-refractivity contribution in [3.05, 3.63) is 46.6 Å². The third-order valence-corrected chi connectivity index (χ3v) is 5.57. The van der Waals surface area contributed by atoms with Crippen LogP contribution in [0, 0.1) is 5.92 Å². The van der Waals surface area contributed by atoms with Crippen LogP contribution in [0.3, 0.4) is 0 Å². The molecule has 1 atom stereocenters. The van der Waals surface area contributed by atoms with Crippen LogP contribution in [0.2, 0.25) is 0 Å². The van der Waals surface area contributed by atoms with E-state index in [1.807, 2.05) is 21.9 Å². The van der Waals surface area contributed by atoms with Crippen molar-refractivity contribution >= 4 is 23.1 Å². The second kappa shape index (κ2) is 6.91. The first-order valence-corrected chi connectivity index (χ1v) is 9.86. The molecule has 0 unspecified atom stereocenters. The minimum absolute atomic E-state index is 0.00453. The summed E-state index contributed by atoms with van der Waals surface area (Å²) in [6.45, 7) is 4.84. The first-order valence-electron chi connectivity index (χ1n) is 9.86. The summed E-state index contributed by atoms with van der Waals surface area (Å²) in [5.41, 5.74) is 1.67. The van der Waals surface area contributed by atoms with Crippen LogP contribution in [0.1, 0.15) is 30.1 Å². The van der Waals surface area contributed by atoms with Crippen molar-refractivity contribution in [1.82, 2.24) is 24.5 Å². The quantitative estimate of drug-likeness (QED) is 0.712. The number of rotatable bonds is 2. The van der Waals surface area contributed by atoms with Gasteiger partial charge in [0.25, 0.3) is 5.91 Å². The molecule has 1 N–H and O–H groups in total. The van der Waals surface area contributed by atoms with Gasteiger partial charge < -0.3 is 14.5 Å². The van der Waals surface area contributed by atoms with Crippen molar-refractivity contribution < 1.29 is 9.53 Å². The van der Waals surface area contributed by atoms with E-state index in [-0.39, 0.29) is 11.6 Å². The van der Waals surface area contributed by atoms with Crippen LogP contribution in [0.25, 0.3) is 5.65 Å². The number of hydrogen-bond acceptors (Lipinski definition) is 6. The molecule has 5 heterocycles. The van der Waals surface area contributed by atoms with Gasteiger partial charge in [0.1, 0.15) is 6.61 Å². The highest BCUT2D eigenvalue weighted by molar-refractivity contribution is 5.95. The number of hydrogen-bond donors (Lipinski definition) is 1. The molecule has 1 saturated heterocycles. The highest BCUT2D eigenvalue weighted by Crippen LogP contribution is 2.35. The minimum atomic E-state index is -0.276. The highest BCUT2D eigenvalue weighted by Gasteiger charge is 2.26. The van der Waals surface area contributed by atoms with E-state index in [2.05, 4.69) is 22.1 Å². The molecule has 0 saturated carbocycles. The summed E-state index contributed by atoms with van der Waals surface area (Å²) in [4.78, 5) is 33.1. The maximum Gasteiger partial charge on any atom is 0.347 e. The van der Waals surface area contributed by atoms with E-state index in [0.717, 1.165) is 31.6 Å². The number of carbonyl (C=O) groups excluding carboxylic acids is 1. The molecule has 2 aliphatic rings. The van der Waals surface area contributed by atoms with Crippen LogP contribution in [0.15, 0.2) is 35.4 Å². The smallest absolute Gasteiger partial charge is 0.347 e. The number of nitrogens with one attached hydrogen (secondary N) is 1. The fourth-order valence-corrected chi connectivity index (χ4v) is 4.09. The van der Waals surface area contributed by atoms with Crippen molar-refractivity contribution in [2.45, 2.75) is 19.8 Å². The number of carbonyl (C=O) groups is 1. The Balaban J connectivity index is 1.45. The summed E-state index contributed by atoms with van der Waals surface area (Å²) >= 11 is 0. The number of piperidine rings is 1. The normalized spacial score (nSPS) is 19.1. The van der Waals surface area contributed by atoms with Gasteiger partial charge in [0.2, 0.25) is 0 Å². The van der Waals surface area contributed by atoms with Gasteiger partial charge >= 0.3 is 5.69 Å². The number of pyridine rings is 2. The van der Waals surface area contributed by atoms with Crippen molar-refractivity contribution in [2.24, 2.45) is 5.92 Å². The van der Waals surface area contributed by atoms with E-state index in [4.69, 9.17) is 4.74 Å². The Bertz CT molecular complexity index is 1140. The molecule has 0 bridgehead atoms. The molecule has 1 fully saturated rings. The van der Waals surface area contributed by atoms with E-state index >= 15 is 0 Å². The van der Waals surface area contributed by atoms with Crippen molar-refractivity contribution in [3.63, 3.8) is 0 Å². The molecule has 3 aromatic heterocycles. The average Bonchev–Trinajstić information content (AvgIpc) is 3.12. The number of amides is 1. The molecule has 5 rings (SSSR count). The maximum absolute atomic E-state index is 12.9. The number of aromatic amines is 1. The van der Waals surface area contributed by atoms with Gasteiger partial charge in [-0.2, -0.15) is 5.10 Å².